The normalized spacial score (nSPS) is 11.4. The van der Waals surface area contributed by atoms with E-state index in [2.05, 4.69) is 20.5 Å². The molecule has 2 rings (SSSR count). The van der Waals surface area contributed by atoms with Crippen LogP contribution < -0.4 is 5.32 Å². The molecule has 2 aromatic rings. The number of hydrogen-bond donors (Lipinski definition) is 1. The van der Waals surface area contributed by atoms with Crippen molar-refractivity contribution in [3.63, 3.8) is 0 Å². The Balaban J connectivity index is 2.08. The van der Waals surface area contributed by atoms with Crippen molar-refractivity contribution in [1.82, 2.24) is 15.2 Å². The zero-order chi connectivity index (χ0) is 13.9. The number of alkyl halides is 3. The van der Waals surface area contributed by atoms with Crippen molar-refractivity contribution in [2.45, 2.75) is 19.6 Å². The lowest BCUT2D eigenvalue weighted by molar-refractivity contribution is -0.137. The fourth-order valence-corrected chi connectivity index (χ4v) is 1.50. The molecular formula is C12H11F3N4. The SMILES string of the molecule is Cc1cnnc(NCc2cccc(C(F)(F)F)c2)n1. The summed E-state index contributed by atoms with van der Waals surface area (Å²) in [6, 6.07) is 5.10. The summed E-state index contributed by atoms with van der Waals surface area (Å²) in [6.07, 6.45) is -2.84. The Morgan fingerprint density at radius 1 is 1.26 bits per heavy atom. The molecule has 1 N–H and O–H groups in total. The van der Waals surface area contributed by atoms with Gasteiger partial charge in [-0.15, -0.1) is 5.10 Å². The molecule has 0 aliphatic carbocycles. The summed E-state index contributed by atoms with van der Waals surface area (Å²) in [5, 5.41) is 10.3. The number of halogens is 3. The van der Waals surface area contributed by atoms with Crippen LogP contribution in [0.15, 0.2) is 30.5 Å². The van der Waals surface area contributed by atoms with Gasteiger partial charge in [-0.25, -0.2) is 4.98 Å². The fourth-order valence-electron chi connectivity index (χ4n) is 1.50. The second-order valence-corrected chi connectivity index (χ2v) is 3.97. The highest BCUT2D eigenvalue weighted by atomic mass is 19.4. The van der Waals surface area contributed by atoms with Gasteiger partial charge in [0.25, 0.3) is 0 Å². The lowest BCUT2D eigenvalue weighted by Crippen LogP contribution is -2.08. The minimum absolute atomic E-state index is 0.203. The molecule has 0 saturated carbocycles. The topological polar surface area (TPSA) is 50.7 Å². The zero-order valence-corrected chi connectivity index (χ0v) is 10.1. The van der Waals surface area contributed by atoms with Crippen molar-refractivity contribution in [3.05, 3.63) is 47.3 Å². The number of anilines is 1. The standard InChI is InChI=1S/C12H11F3N4/c1-8-6-17-19-11(18-8)16-7-9-3-2-4-10(5-9)12(13,14)15/h2-6H,7H2,1H3,(H,16,18,19). The number of benzene rings is 1. The third kappa shape index (κ3) is 3.64. The third-order valence-corrected chi connectivity index (χ3v) is 2.38. The van der Waals surface area contributed by atoms with E-state index in [0.717, 1.165) is 12.1 Å². The minimum atomic E-state index is -4.34. The van der Waals surface area contributed by atoms with Crippen molar-refractivity contribution < 1.29 is 13.2 Å². The lowest BCUT2D eigenvalue weighted by Gasteiger charge is -2.09. The second-order valence-electron chi connectivity index (χ2n) is 3.97. The first-order valence-electron chi connectivity index (χ1n) is 5.51. The summed E-state index contributed by atoms with van der Waals surface area (Å²) in [4.78, 5) is 4.05. The van der Waals surface area contributed by atoms with Crippen LogP contribution in [-0.2, 0) is 12.7 Å². The Hall–Kier alpha value is -2.18. The molecule has 19 heavy (non-hydrogen) atoms. The van der Waals surface area contributed by atoms with Crippen LogP contribution in [0, 0.1) is 6.92 Å². The Kier molecular flexibility index (Phi) is 3.64. The molecule has 1 aromatic heterocycles. The van der Waals surface area contributed by atoms with Crippen LogP contribution in [0.5, 0.6) is 0 Å². The zero-order valence-electron chi connectivity index (χ0n) is 10.1. The number of nitrogens with one attached hydrogen (secondary N) is 1. The predicted octanol–water partition coefficient (Wildman–Crippen LogP) is 2.81. The molecule has 0 spiro atoms. The molecule has 0 saturated heterocycles. The molecular weight excluding hydrogens is 257 g/mol. The van der Waals surface area contributed by atoms with Gasteiger partial charge in [0.1, 0.15) is 0 Å². The van der Waals surface area contributed by atoms with Gasteiger partial charge in [0.15, 0.2) is 0 Å². The molecule has 0 aliphatic rings. The number of hydrogen-bond acceptors (Lipinski definition) is 4. The molecule has 1 aromatic carbocycles. The van der Waals surface area contributed by atoms with Gasteiger partial charge >= 0.3 is 6.18 Å². The van der Waals surface area contributed by atoms with Gasteiger partial charge in [-0.1, -0.05) is 12.1 Å². The van der Waals surface area contributed by atoms with E-state index in [1.807, 2.05) is 0 Å². The maximum absolute atomic E-state index is 12.5. The molecule has 0 unspecified atom stereocenters. The van der Waals surface area contributed by atoms with Crippen molar-refractivity contribution in [2.24, 2.45) is 0 Å². The highest BCUT2D eigenvalue weighted by Gasteiger charge is 2.30. The number of nitrogens with zero attached hydrogens (tertiary/aromatic N) is 3. The van der Waals surface area contributed by atoms with E-state index in [-0.39, 0.29) is 12.5 Å². The lowest BCUT2D eigenvalue weighted by atomic mass is 10.1. The summed E-state index contributed by atoms with van der Waals surface area (Å²) in [5.41, 5.74) is 0.511. The maximum Gasteiger partial charge on any atom is 0.416 e. The van der Waals surface area contributed by atoms with Crippen LogP contribution in [0.1, 0.15) is 16.8 Å². The van der Waals surface area contributed by atoms with Gasteiger partial charge in [0, 0.05) is 6.54 Å². The smallest absolute Gasteiger partial charge is 0.349 e. The quantitative estimate of drug-likeness (QED) is 0.930. The van der Waals surface area contributed by atoms with Crippen molar-refractivity contribution >= 4 is 5.95 Å². The predicted molar refractivity (Wildman–Crippen MR) is 63.3 cm³/mol. The first-order valence-corrected chi connectivity index (χ1v) is 5.51. The van der Waals surface area contributed by atoms with Crippen molar-refractivity contribution in [2.75, 3.05) is 5.32 Å². The third-order valence-electron chi connectivity index (χ3n) is 2.38. The average Bonchev–Trinajstić information content (AvgIpc) is 2.36. The Labute approximate surface area is 107 Å². The number of aromatic nitrogens is 3. The molecule has 0 aliphatic heterocycles. The summed E-state index contributed by atoms with van der Waals surface area (Å²) in [7, 11) is 0. The van der Waals surface area contributed by atoms with Gasteiger partial charge in [-0.3, -0.25) is 0 Å². The minimum Gasteiger partial charge on any atom is -0.349 e. The Morgan fingerprint density at radius 2 is 2.05 bits per heavy atom. The number of rotatable bonds is 3. The Morgan fingerprint density at radius 3 is 2.74 bits per heavy atom. The van der Waals surface area contributed by atoms with Gasteiger partial charge in [0.2, 0.25) is 5.95 Å². The molecule has 7 heteroatoms. The molecule has 0 radical (unpaired) electrons. The highest BCUT2D eigenvalue weighted by molar-refractivity contribution is 5.30. The first-order chi connectivity index (χ1) is 8.95. The molecule has 0 bridgehead atoms. The van der Waals surface area contributed by atoms with Gasteiger partial charge in [-0.05, 0) is 24.6 Å². The molecule has 4 nitrogen and oxygen atoms in total. The van der Waals surface area contributed by atoms with Crippen LogP contribution in [0.4, 0.5) is 19.1 Å². The fraction of sp³-hybridized carbons (Fsp3) is 0.250. The summed E-state index contributed by atoms with van der Waals surface area (Å²) < 4.78 is 37.6. The van der Waals surface area contributed by atoms with Crippen LogP contribution >= 0.6 is 0 Å². The molecule has 0 amide bonds. The van der Waals surface area contributed by atoms with Crippen molar-refractivity contribution in [3.8, 4) is 0 Å². The van der Waals surface area contributed by atoms with E-state index in [0.29, 0.717) is 11.3 Å². The summed E-state index contributed by atoms with van der Waals surface area (Å²) in [6.45, 7) is 1.96. The van der Waals surface area contributed by atoms with Gasteiger partial charge in [0.05, 0.1) is 17.5 Å². The second kappa shape index (κ2) is 5.21. The summed E-state index contributed by atoms with van der Waals surface area (Å²) in [5.74, 6) is 0.289. The van der Waals surface area contributed by atoms with Crippen LogP contribution in [0.25, 0.3) is 0 Å². The van der Waals surface area contributed by atoms with Crippen molar-refractivity contribution in [1.29, 1.82) is 0 Å². The average molecular weight is 268 g/mol. The van der Waals surface area contributed by atoms with E-state index in [1.165, 1.54) is 12.3 Å². The van der Waals surface area contributed by atoms with E-state index in [1.54, 1.807) is 13.0 Å². The van der Waals surface area contributed by atoms with Crippen LogP contribution in [0.2, 0.25) is 0 Å². The van der Waals surface area contributed by atoms with Crippen LogP contribution in [0.3, 0.4) is 0 Å². The van der Waals surface area contributed by atoms with Crippen LogP contribution in [-0.4, -0.2) is 15.2 Å². The number of aryl methyl sites for hydroxylation is 1. The van der Waals surface area contributed by atoms with Gasteiger partial charge < -0.3 is 5.32 Å². The largest absolute Gasteiger partial charge is 0.416 e. The van der Waals surface area contributed by atoms with E-state index < -0.39 is 11.7 Å². The van der Waals surface area contributed by atoms with E-state index in [9.17, 15) is 13.2 Å². The maximum atomic E-state index is 12.5. The molecule has 1 heterocycles. The van der Waals surface area contributed by atoms with E-state index in [4.69, 9.17) is 0 Å². The Bertz CT molecular complexity index is 569. The summed E-state index contributed by atoms with van der Waals surface area (Å²) >= 11 is 0. The monoisotopic (exact) mass is 268 g/mol. The molecule has 100 valence electrons. The molecule has 0 atom stereocenters. The van der Waals surface area contributed by atoms with Gasteiger partial charge in [-0.2, -0.15) is 18.3 Å². The van der Waals surface area contributed by atoms with E-state index >= 15 is 0 Å². The first kappa shape index (κ1) is 13.3. The highest BCUT2D eigenvalue weighted by Crippen LogP contribution is 2.29. The molecule has 0 fully saturated rings.